The summed E-state index contributed by atoms with van der Waals surface area (Å²) in [5, 5.41) is 20.5. The molecule has 8 nitrogen and oxygen atoms in total. The second-order valence-corrected chi connectivity index (χ2v) is 10.4. The third-order valence-electron chi connectivity index (χ3n) is 6.18. The lowest BCUT2D eigenvalue weighted by atomic mass is 9.93. The second-order valence-electron chi connectivity index (χ2n) is 8.62. The molecule has 2 aromatic heterocycles. The number of aliphatic hydroxyl groups excluding tert-OH is 1. The van der Waals surface area contributed by atoms with E-state index < -0.39 is 16.1 Å². The molecule has 35 heavy (non-hydrogen) atoms. The van der Waals surface area contributed by atoms with Gasteiger partial charge in [-0.3, -0.25) is 5.10 Å². The number of aromatic amines is 1. The van der Waals surface area contributed by atoms with E-state index in [-0.39, 0.29) is 10.9 Å². The van der Waals surface area contributed by atoms with E-state index in [1.165, 1.54) is 4.31 Å². The molecule has 1 saturated carbocycles. The quantitative estimate of drug-likeness (QED) is 0.347. The highest BCUT2D eigenvalue weighted by Gasteiger charge is 2.35. The van der Waals surface area contributed by atoms with Crippen LogP contribution in [0.2, 0.25) is 0 Å². The monoisotopic (exact) mass is 489 g/mol. The van der Waals surface area contributed by atoms with Crippen molar-refractivity contribution in [3.63, 3.8) is 0 Å². The maximum absolute atomic E-state index is 13.7. The summed E-state index contributed by atoms with van der Waals surface area (Å²) in [4.78, 5) is 4.87. The fourth-order valence-corrected chi connectivity index (χ4v) is 6.08. The lowest BCUT2D eigenvalue weighted by Gasteiger charge is -2.35. The van der Waals surface area contributed by atoms with Crippen molar-refractivity contribution in [1.82, 2.24) is 15.2 Å². The molecule has 2 aromatic carbocycles. The maximum atomic E-state index is 13.7. The lowest BCUT2D eigenvalue weighted by molar-refractivity contribution is 0.124. The van der Waals surface area contributed by atoms with Gasteiger partial charge in [-0.05, 0) is 55.5 Å². The first-order chi connectivity index (χ1) is 17.0. The van der Waals surface area contributed by atoms with E-state index in [0.717, 1.165) is 11.3 Å². The molecule has 9 heteroatoms. The van der Waals surface area contributed by atoms with Crippen molar-refractivity contribution in [2.45, 2.75) is 42.7 Å². The van der Waals surface area contributed by atoms with Crippen LogP contribution in [0.15, 0.2) is 89.8 Å². The van der Waals surface area contributed by atoms with Crippen molar-refractivity contribution in [2.24, 2.45) is 0 Å². The van der Waals surface area contributed by atoms with Gasteiger partial charge in [0.05, 0.1) is 16.7 Å². The zero-order valence-electron chi connectivity index (χ0n) is 19.1. The minimum absolute atomic E-state index is 0.214. The average molecular weight is 490 g/mol. The topological polar surface area (TPSA) is 111 Å². The van der Waals surface area contributed by atoms with Crippen LogP contribution in [-0.2, 0) is 10.0 Å². The average Bonchev–Trinajstić information content (AvgIpc) is 3.35. The van der Waals surface area contributed by atoms with Crippen molar-refractivity contribution in [2.75, 3.05) is 9.62 Å². The van der Waals surface area contributed by atoms with E-state index in [9.17, 15) is 13.5 Å². The largest absolute Gasteiger partial charge is 0.393 e. The Morgan fingerprint density at radius 2 is 1.54 bits per heavy atom. The third kappa shape index (κ3) is 5.06. The Hall–Kier alpha value is -3.69. The molecule has 0 spiro atoms. The fraction of sp³-hybridized carbons (Fsp3) is 0.231. The molecule has 2 heterocycles. The molecular weight excluding hydrogens is 462 g/mol. The third-order valence-corrected chi connectivity index (χ3v) is 8.05. The van der Waals surface area contributed by atoms with E-state index >= 15 is 0 Å². The zero-order chi connectivity index (χ0) is 24.3. The first-order valence-electron chi connectivity index (χ1n) is 11.6. The van der Waals surface area contributed by atoms with Crippen LogP contribution in [0.3, 0.4) is 0 Å². The van der Waals surface area contributed by atoms with E-state index in [1.54, 1.807) is 48.5 Å². The Morgan fingerprint density at radius 1 is 0.857 bits per heavy atom. The van der Waals surface area contributed by atoms with E-state index in [2.05, 4.69) is 20.5 Å². The van der Waals surface area contributed by atoms with Gasteiger partial charge in [0.1, 0.15) is 11.6 Å². The molecule has 0 amide bonds. The van der Waals surface area contributed by atoms with E-state index in [0.29, 0.717) is 43.1 Å². The Labute approximate surface area is 204 Å². The molecule has 0 aliphatic heterocycles. The number of hydrogen-bond donors (Lipinski definition) is 3. The van der Waals surface area contributed by atoms with Crippen LogP contribution in [0.5, 0.6) is 0 Å². The molecule has 0 atom stereocenters. The minimum atomic E-state index is -3.85. The number of benzene rings is 2. The first kappa shape index (κ1) is 23.1. The molecule has 0 radical (unpaired) electrons. The van der Waals surface area contributed by atoms with E-state index in [1.807, 2.05) is 36.4 Å². The van der Waals surface area contributed by atoms with Crippen LogP contribution in [0.25, 0.3) is 11.3 Å². The maximum Gasteiger partial charge on any atom is 0.265 e. The fourth-order valence-electron chi connectivity index (χ4n) is 4.40. The Kier molecular flexibility index (Phi) is 6.52. The number of aromatic nitrogens is 3. The Morgan fingerprint density at radius 3 is 2.26 bits per heavy atom. The van der Waals surface area contributed by atoms with Gasteiger partial charge in [0.25, 0.3) is 10.0 Å². The number of nitrogens with one attached hydrogen (secondary N) is 2. The van der Waals surface area contributed by atoms with Crippen molar-refractivity contribution in [3.8, 4) is 11.3 Å². The number of rotatable bonds is 7. The zero-order valence-corrected chi connectivity index (χ0v) is 19.9. The predicted molar refractivity (Wildman–Crippen MR) is 136 cm³/mol. The molecule has 0 unspecified atom stereocenters. The normalized spacial score (nSPS) is 18.2. The number of hydrogen-bond acceptors (Lipinski definition) is 6. The predicted octanol–water partition coefficient (Wildman–Crippen LogP) is 4.71. The molecule has 1 aliphatic rings. The number of aliphatic hydroxyl groups is 1. The van der Waals surface area contributed by atoms with Gasteiger partial charge in [0, 0.05) is 12.1 Å². The number of nitrogens with zero attached hydrogens (tertiary/aromatic N) is 3. The summed E-state index contributed by atoms with van der Waals surface area (Å²) in [6.45, 7) is 0. The molecule has 1 fully saturated rings. The number of pyridine rings is 1. The van der Waals surface area contributed by atoms with Crippen LogP contribution >= 0.6 is 0 Å². The van der Waals surface area contributed by atoms with Crippen LogP contribution in [0.1, 0.15) is 25.7 Å². The number of sulfonamides is 1. The minimum Gasteiger partial charge on any atom is -0.393 e. The molecule has 3 N–H and O–H groups in total. The standard InChI is InChI=1S/C26H27N5O3S/c32-21-16-14-20(15-17-21)31(35(33,34)22-10-5-2-6-11-22)26-13-7-12-24(28-26)27-25-18-23(29-30-25)19-8-3-1-4-9-19/h1-13,18,20-21,32H,14-17H2,(H2,27,28,29,30)/t20-,21-. The van der Waals surface area contributed by atoms with Gasteiger partial charge in [-0.25, -0.2) is 17.7 Å². The van der Waals surface area contributed by atoms with Gasteiger partial charge >= 0.3 is 0 Å². The summed E-state index contributed by atoms with van der Waals surface area (Å²) in [6, 6.07) is 25.1. The van der Waals surface area contributed by atoms with Gasteiger partial charge in [-0.1, -0.05) is 54.6 Å². The first-order valence-corrected chi connectivity index (χ1v) is 13.1. The van der Waals surface area contributed by atoms with E-state index in [4.69, 9.17) is 0 Å². The smallest absolute Gasteiger partial charge is 0.265 e. The van der Waals surface area contributed by atoms with Crippen molar-refractivity contribution < 1.29 is 13.5 Å². The summed E-state index contributed by atoms with van der Waals surface area (Å²) in [5.41, 5.74) is 1.87. The molecule has 0 saturated heterocycles. The summed E-state index contributed by atoms with van der Waals surface area (Å²) >= 11 is 0. The summed E-state index contributed by atoms with van der Waals surface area (Å²) in [7, 11) is -3.85. The van der Waals surface area contributed by atoms with Gasteiger partial charge in [0.15, 0.2) is 5.82 Å². The highest BCUT2D eigenvalue weighted by Crippen LogP contribution is 2.33. The number of H-pyrrole nitrogens is 1. The summed E-state index contributed by atoms with van der Waals surface area (Å²) < 4.78 is 28.9. The van der Waals surface area contributed by atoms with Crippen LogP contribution in [0, 0.1) is 0 Å². The molecule has 5 rings (SSSR count). The Balaban J connectivity index is 1.46. The molecular formula is C26H27N5O3S. The Bertz CT molecular complexity index is 1370. The highest BCUT2D eigenvalue weighted by atomic mass is 32.2. The van der Waals surface area contributed by atoms with Gasteiger partial charge in [-0.15, -0.1) is 0 Å². The summed E-state index contributed by atoms with van der Waals surface area (Å²) in [6.07, 6.45) is 1.84. The lowest BCUT2D eigenvalue weighted by Crippen LogP contribution is -2.43. The molecule has 0 bridgehead atoms. The number of anilines is 3. The summed E-state index contributed by atoms with van der Waals surface area (Å²) in [5.74, 6) is 1.39. The SMILES string of the molecule is O=S(=O)(c1ccccc1)N(c1cccc(Nc2cc(-c3ccccc3)[nH]n2)n1)[C@H]1CC[C@H](O)CC1. The van der Waals surface area contributed by atoms with Crippen LogP contribution < -0.4 is 9.62 Å². The van der Waals surface area contributed by atoms with Crippen LogP contribution in [-0.4, -0.2) is 40.9 Å². The molecule has 180 valence electrons. The van der Waals surface area contributed by atoms with Gasteiger partial charge < -0.3 is 10.4 Å². The molecule has 4 aromatic rings. The van der Waals surface area contributed by atoms with Crippen molar-refractivity contribution >= 4 is 27.5 Å². The van der Waals surface area contributed by atoms with Gasteiger partial charge in [0.2, 0.25) is 0 Å². The van der Waals surface area contributed by atoms with Crippen LogP contribution in [0.4, 0.5) is 17.5 Å². The highest BCUT2D eigenvalue weighted by molar-refractivity contribution is 7.92. The second kappa shape index (κ2) is 9.89. The molecule has 1 aliphatic carbocycles. The van der Waals surface area contributed by atoms with Crippen molar-refractivity contribution in [1.29, 1.82) is 0 Å². The van der Waals surface area contributed by atoms with Crippen molar-refractivity contribution in [3.05, 3.63) is 84.9 Å². The van der Waals surface area contributed by atoms with Gasteiger partial charge in [-0.2, -0.15) is 5.10 Å².